The van der Waals surface area contributed by atoms with Gasteiger partial charge in [-0.2, -0.15) is 0 Å². The Labute approximate surface area is 125 Å². The molecule has 0 aromatic carbocycles. The van der Waals surface area contributed by atoms with Gasteiger partial charge in [0.25, 0.3) is 0 Å². The SMILES string of the molecule is Cc1ccc(/C=C/C(=O)NC(CC(=O)O)CC(C)(C)C)o1. The van der Waals surface area contributed by atoms with Gasteiger partial charge in [0.1, 0.15) is 11.5 Å². The number of carbonyl (C=O) groups excluding carboxylic acids is 1. The number of aliphatic carboxylic acids is 1. The highest BCUT2D eigenvalue weighted by atomic mass is 16.4. The largest absolute Gasteiger partial charge is 0.481 e. The number of carboxylic acid groups (broad SMARTS) is 1. The predicted molar refractivity (Wildman–Crippen MR) is 80.7 cm³/mol. The maximum Gasteiger partial charge on any atom is 0.305 e. The zero-order valence-corrected chi connectivity index (χ0v) is 13.0. The summed E-state index contributed by atoms with van der Waals surface area (Å²) in [5.74, 6) is 0.120. The van der Waals surface area contributed by atoms with Crippen LogP contribution in [0.25, 0.3) is 6.08 Å². The van der Waals surface area contributed by atoms with Crippen LogP contribution in [0.4, 0.5) is 0 Å². The number of nitrogens with one attached hydrogen (secondary N) is 1. The van der Waals surface area contributed by atoms with Gasteiger partial charge in [-0.3, -0.25) is 9.59 Å². The highest BCUT2D eigenvalue weighted by Gasteiger charge is 2.22. The van der Waals surface area contributed by atoms with E-state index in [-0.39, 0.29) is 17.7 Å². The van der Waals surface area contributed by atoms with Gasteiger partial charge in [0.2, 0.25) is 5.91 Å². The third kappa shape index (κ3) is 7.34. The molecule has 5 heteroatoms. The third-order valence-electron chi connectivity index (χ3n) is 2.79. The summed E-state index contributed by atoms with van der Waals surface area (Å²) < 4.78 is 5.32. The fraction of sp³-hybridized carbons (Fsp3) is 0.500. The van der Waals surface area contributed by atoms with Crippen LogP contribution >= 0.6 is 0 Å². The second kappa shape index (κ2) is 7.11. The molecule has 116 valence electrons. The molecule has 0 saturated carbocycles. The zero-order chi connectivity index (χ0) is 16.0. The summed E-state index contributed by atoms with van der Waals surface area (Å²) in [7, 11) is 0. The molecule has 0 fully saturated rings. The highest BCUT2D eigenvalue weighted by molar-refractivity contribution is 5.91. The highest BCUT2D eigenvalue weighted by Crippen LogP contribution is 2.22. The van der Waals surface area contributed by atoms with Crippen molar-refractivity contribution in [3.63, 3.8) is 0 Å². The molecule has 0 aliphatic heterocycles. The lowest BCUT2D eigenvalue weighted by molar-refractivity contribution is -0.137. The molecule has 1 aromatic rings. The van der Waals surface area contributed by atoms with E-state index in [1.807, 2.05) is 33.8 Å². The van der Waals surface area contributed by atoms with Gasteiger partial charge < -0.3 is 14.8 Å². The standard InChI is InChI=1S/C16H23NO4/c1-11-5-6-13(21-11)7-8-14(18)17-12(9-15(19)20)10-16(2,3)4/h5-8,12H,9-10H2,1-4H3,(H,17,18)(H,19,20)/b8-7+. The minimum atomic E-state index is -0.921. The molecule has 0 bridgehead atoms. The van der Waals surface area contributed by atoms with E-state index in [1.54, 1.807) is 12.1 Å². The predicted octanol–water partition coefficient (Wildman–Crippen LogP) is 3.00. The summed E-state index contributed by atoms with van der Waals surface area (Å²) in [6.07, 6.45) is 3.43. The number of aryl methyl sites for hydroxylation is 1. The summed E-state index contributed by atoms with van der Waals surface area (Å²) in [5, 5.41) is 11.7. The van der Waals surface area contributed by atoms with E-state index >= 15 is 0 Å². The second-order valence-corrected chi connectivity index (χ2v) is 6.35. The Hall–Kier alpha value is -2.04. The molecule has 1 rings (SSSR count). The van der Waals surface area contributed by atoms with Crippen molar-refractivity contribution < 1.29 is 19.1 Å². The average molecular weight is 293 g/mol. The van der Waals surface area contributed by atoms with Gasteiger partial charge in [-0.1, -0.05) is 20.8 Å². The number of rotatable bonds is 6. The maximum atomic E-state index is 11.9. The van der Waals surface area contributed by atoms with Crippen molar-refractivity contribution >= 4 is 18.0 Å². The van der Waals surface area contributed by atoms with E-state index in [2.05, 4.69) is 5.32 Å². The third-order valence-corrected chi connectivity index (χ3v) is 2.79. The molecule has 1 aromatic heterocycles. The normalized spacial score (nSPS) is 13.3. The van der Waals surface area contributed by atoms with Gasteiger partial charge >= 0.3 is 5.97 Å². The van der Waals surface area contributed by atoms with Crippen LogP contribution < -0.4 is 5.32 Å². The molecule has 1 atom stereocenters. The Morgan fingerprint density at radius 3 is 2.52 bits per heavy atom. The molecule has 21 heavy (non-hydrogen) atoms. The number of carbonyl (C=O) groups is 2. The molecule has 0 radical (unpaired) electrons. The van der Waals surface area contributed by atoms with E-state index in [0.717, 1.165) is 5.76 Å². The number of amides is 1. The molecule has 2 N–H and O–H groups in total. The molecular weight excluding hydrogens is 270 g/mol. The Morgan fingerprint density at radius 1 is 1.38 bits per heavy atom. The molecule has 1 heterocycles. The number of carboxylic acids is 1. The molecule has 1 unspecified atom stereocenters. The second-order valence-electron chi connectivity index (χ2n) is 6.35. The zero-order valence-electron chi connectivity index (χ0n) is 13.0. The van der Waals surface area contributed by atoms with Crippen molar-refractivity contribution in [3.05, 3.63) is 29.7 Å². The van der Waals surface area contributed by atoms with E-state index in [9.17, 15) is 9.59 Å². The van der Waals surface area contributed by atoms with E-state index in [1.165, 1.54) is 6.08 Å². The van der Waals surface area contributed by atoms with Crippen LogP contribution in [-0.2, 0) is 9.59 Å². The molecule has 0 saturated heterocycles. The van der Waals surface area contributed by atoms with Gasteiger partial charge in [0.15, 0.2) is 0 Å². The smallest absolute Gasteiger partial charge is 0.305 e. The molecular formula is C16H23NO4. The maximum absolute atomic E-state index is 11.9. The van der Waals surface area contributed by atoms with Crippen molar-refractivity contribution in [2.75, 3.05) is 0 Å². The number of hydrogen-bond donors (Lipinski definition) is 2. The molecule has 0 aliphatic carbocycles. The van der Waals surface area contributed by atoms with Gasteiger partial charge in [0.05, 0.1) is 6.42 Å². The van der Waals surface area contributed by atoms with Crippen LogP contribution in [-0.4, -0.2) is 23.0 Å². The van der Waals surface area contributed by atoms with Crippen LogP contribution in [0.5, 0.6) is 0 Å². The summed E-state index contributed by atoms with van der Waals surface area (Å²) in [6.45, 7) is 7.85. The van der Waals surface area contributed by atoms with Crippen LogP contribution in [0.2, 0.25) is 0 Å². The van der Waals surface area contributed by atoms with E-state index in [4.69, 9.17) is 9.52 Å². The van der Waals surface area contributed by atoms with Crippen LogP contribution in [0.1, 0.15) is 45.1 Å². The number of furan rings is 1. The quantitative estimate of drug-likeness (QED) is 0.790. The fourth-order valence-corrected chi connectivity index (χ4v) is 2.07. The van der Waals surface area contributed by atoms with Crippen LogP contribution in [0.15, 0.2) is 22.6 Å². The first-order valence-electron chi connectivity index (χ1n) is 6.92. The lowest BCUT2D eigenvalue weighted by Crippen LogP contribution is -2.38. The monoisotopic (exact) mass is 293 g/mol. The van der Waals surface area contributed by atoms with Crippen molar-refractivity contribution in [1.29, 1.82) is 0 Å². The van der Waals surface area contributed by atoms with Crippen molar-refractivity contribution in [3.8, 4) is 0 Å². The molecule has 1 amide bonds. The minimum absolute atomic E-state index is 0.0603. The molecule has 0 spiro atoms. The Bertz CT molecular complexity index is 523. The first-order chi connectivity index (χ1) is 9.65. The summed E-state index contributed by atoms with van der Waals surface area (Å²) >= 11 is 0. The van der Waals surface area contributed by atoms with Crippen LogP contribution in [0.3, 0.4) is 0 Å². The average Bonchev–Trinajstić information content (AvgIpc) is 2.69. The number of hydrogen-bond acceptors (Lipinski definition) is 3. The van der Waals surface area contributed by atoms with Gasteiger partial charge in [0, 0.05) is 12.1 Å². The van der Waals surface area contributed by atoms with E-state index < -0.39 is 12.0 Å². The summed E-state index contributed by atoms with van der Waals surface area (Å²) in [4.78, 5) is 22.7. The Morgan fingerprint density at radius 2 is 2.05 bits per heavy atom. The Balaban J connectivity index is 2.62. The first-order valence-corrected chi connectivity index (χ1v) is 6.92. The van der Waals surface area contributed by atoms with Crippen molar-refractivity contribution in [2.24, 2.45) is 5.41 Å². The molecule has 0 aliphatic rings. The lowest BCUT2D eigenvalue weighted by Gasteiger charge is -2.25. The van der Waals surface area contributed by atoms with Gasteiger partial charge in [-0.15, -0.1) is 0 Å². The van der Waals surface area contributed by atoms with Crippen LogP contribution in [0, 0.1) is 12.3 Å². The van der Waals surface area contributed by atoms with Crippen molar-refractivity contribution in [2.45, 2.75) is 46.6 Å². The molecule has 5 nitrogen and oxygen atoms in total. The van der Waals surface area contributed by atoms with Crippen molar-refractivity contribution in [1.82, 2.24) is 5.32 Å². The lowest BCUT2D eigenvalue weighted by atomic mass is 9.87. The summed E-state index contributed by atoms with van der Waals surface area (Å²) in [5.41, 5.74) is -0.0603. The van der Waals surface area contributed by atoms with Gasteiger partial charge in [-0.25, -0.2) is 0 Å². The fourth-order valence-electron chi connectivity index (χ4n) is 2.07. The summed E-state index contributed by atoms with van der Waals surface area (Å²) in [6, 6.07) is 3.19. The van der Waals surface area contributed by atoms with E-state index in [0.29, 0.717) is 12.2 Å². The Kier molecular flexibility index (Phi) is 5.76. The first kappa shape index (κ1) is 17.0. The minimum Gasteiger partial charge on any atom is -0.481 e. The topological polar surface area (TPSA) is 79.5 Å². The van der Waals surface area contributed by atoms with Gasteiger partial charge in [-0.05, 0) is 37.0 Å².